The lowest BCUT2D eigenvalue weighted by Crippen LogP contribution is -2.43. The zero-order valence-electron chi connectivity index (χ0n) is 21.4. The third-order valence-corrected chi connectivity index (χ3v) is 7.82. The monoisotopic (exact) mass is 493 g/mol. The van der Waals surface area contributed by atoms with Crippen LogP contribution < -0.4 is 14.4 Å². The molecule has 1 aromatic carbocycles. The fourth-order valence-electron chi connectivity index (χ4n) is 5.79. The first-order valence-electron chi connectivity index (χ1n) is 13.7. The zero-order valence-corrected chi connectivity index (χ0v) is 21.4. The number of pyridine rings is 1. The van der Waals surface area contributed by atoms with Crippen LogP contribution in [-0.4, -0.2) is 61.0 Å². The third-order valence-electron chi connectivity index (χ3n) is 7.82. The van der Waals surface area contributed by atoms with Crippen molar-refractivity contribution in [3.8, 4) is 11.5 Å². The smallest absolute Gasteiger partial charge is 0.241 e. The van der Waals surface area contributed by atoms with Crippen LogP contribution in [0.5, 0.6) is 11.5 Å². The predicted molar refractivity (Wildman–Crippen MR) is 140 cm³/mol. The summed E-state index contributed by atoms with van der Waals surface area (Å²) in [6.45, 7) is 5.35. The van der Waals surface area contributed by atoms with Gasteiger partial charge in [-0.2, -0.15) is 0 Å². The van der Waals surface area contributed by atoms with Crippen molar-refractivity contribution < 1.29 is 19.0 Å². The maximum atomic E-state index is 13.6. The maximum absolute atomic E-state index is 13.6. The quantitative estimate of drug-likeness (QED) is 0.456. The Kier molecular flexibility index (Phi) is 8.39. The number of carbonyl (C=O) groups is 1. The van der Waals surface area contributed by atoms with E-state index in [0.717, 1.165) is 75.4 Å². The van der Waals surface area contributed by atoms with E-state index in [1.807, 2.05) is 23.1 Å². The zero-order chi connectivity index (χ0) is 24.7. The number of benzene rings is 1. The van der Waals surface area contributed by atoms with Gasteiger partial charge in [-0.1, -0.05) is 19.4 Å². The lowest BCUT2D eigenvalue weighted by atomic mass is 9.93. The number of ether oxygens (including phenoxy) is 3. The Morgan fingerprint density at radius 3 is 2.89 bits per heavy atom. The summed E-state index contributed by atoms with van der Waals surface area (Å²) in [6, 6.07) is 10.6. The Morgan fingerprint density at radius 1 is 1.17 bits per heavy atom. The average molecular weight is 494 g/mol. The molecule has 36 heavy (non-hydrogen) atoms. The maximum Gasteiger partial charge on any atom is 0.241 e. The number of hydrogen-bond acceptors (Lipinski definition) is 6. The Balaban J connectivity index is 1.30. The standard InChI is InChI=1S/C29H39N3O4/c1-2-3-14-32(25-7-6-13-30-18-25)29(33)20-31-19-23(22-9-12-27-28(17-22)36-21-35-27)16-24(31)10-11-26-8-4-5-15-34-26/h6-7,9,12-13,17-18,23-24,26H,2-5,8,10-11,14-16,19-21H2,1H3/t23-,24+,26?/m1/s1. The van der Waals surface area contributed by atoms with Crippen molar-refractivity contribution in [2.24, 2.45) is 0 Å². The summed E-state index contributed by atoms with van der Waals surface area (Å²) in [4.78, 5) is 22.2. The van der Waals surface area contributed by atoms with Crippen LogP contribution in [0.1, 0.15) is 69.8 Å². The normalized spacial score (nSPS) is 23.6. The molecule has 3 aliphatic heterocycles. The van der Waals surface area contributed by atoms with E-state index in [0.29, 0.717) is 24.6 Å². The second-order valence-electron chi connectivity index (χ2n) is 10.3. The van der Waals surface area contributed by atoms with Gasteiger partial charge in [0, 0.05) is 31.9 Å². The van der Waals surface area contributed by atoms with E-state index in [1.54, 1.807) is 12.4 Å². The molecule has 1 aromatic heterocycles. The van der Waals surface area contributed by atoms with E-state index in [9.17, 15) is 4.79 Å². The van der Waals surface area contributed by atoms with Gasteiger partial charge < -0.3 is 19.1 Å². The molecule has 2 saturated heterocycles. The molecule has 5 rings (SSSR count). The number of anilines is 1. The lowest BCUT2D eigenvalue weighted by molar-refractivity contribution is -0.120. The van der Waals surface area contributed by atoms with Gasteiger partial charge in [0.25, 0.3) is 0 Å². The van der Waals surface area contributed by atoms with Crippen molar-refractivity contribution in [2.45, 2.75) is 76.4 Å². The number of carbonyl (C=O) groups excluding carboxylic acids is 1. The van der Waals surface area contributed by atoms with Gasteiger partial charge in [-0.15, -0.1) is 0 Å². The highest BCUT2D eigenvalue weighted by Crippen LogP contribution is 2.39. The van der Waals surface area contributed by atoms with E-state index in [2.05, 4.69) is 28.9 Å². The lowest BCUT2D eigenvalue weighted by Gasteiger charge is -2.30. The van der Waals surface area contributed by atoms with Gasteiger partial charge in [-0.05, 0) is 80.7 Å². The molecule has 2 aromatic rings. The van der Waals surface area contributed by atoms with Gasteiger partial charge in [0.2, 0.25) is 12.7 Å². The van der Waals surface area contributed by atoms with Gasteiger partial charge in [-0.3, -0.25) is 14.7 Å². The first-order chi connectivity index (χ1) is 17.7. The van der Waals surface area contributed by atoms with Crippen molar-refractivity contribution in [3.63, 3.8) is 0 Å². The van der Waals surface area contributed by atoms with Crippen molar-refractivity contribution >= 4 is 11.6 Å². The summed E-state index contributed by atoms with van der Waals surface area (Å²) >= 11 is 0. The topological polar surface area (TPSA) is 64.1 Å². The molecular weight excluding hydrogens is 454 g/mol. The summed E-state index contributed by atoms with van der Waals surface area (Å²) in [5.74, 6) is 2.17. The van der Waals surface area contributed by atoms with E-state index < -0.39 is 0 Å². The number of rotatable bonds is 10. The summed E-state index contributed by atoms with van der Waals surface area (Å²) in [5, 5.41) is 0. The molecule has 2 fully saturated rings. The fraction of sp³-hybridized carbons (Fsp3) is 0.586. The molecule has 1 unspecified atom stereocenters. The van der Waals surface area contributed by atoms with Crippen LogP contribution >= 0.6 is 0 Å². The van der Waals surface area contributed by atoms with Crippen LogP contribution in [0.2, 0.25) is 0 Å². The minimum absolute atomic E-state index is 0.154. The molecule has 0 spiro atoms. The van der Waals surface area contributed by atoms with E-state index >= 15 is 0 Å². The van der Waals surface area contributed by atoms with Gasteiger partial charge in [0.1, 0.15) is 0 Å². The molecule has 194 valence electrons. The van der Waals surface area contributed by atoms with Gasteiger partial charge >= 0.3 is 0 Å². The van der Waals surface area contributed by atoms with E-state index in [-0.39, 0.29) is 12.7 Å². The number of amides is 1. The molecule has 0 radical (unpaired) electrons. The fourth-order valence-corrected chi connectivity index (χ4v) is 5.79. The Labute approximate surface area is 214 Å². The summed E-state index contributed by atoms with van der Waals surface area (Å²) in [5.41, 5.74) is 2.15. The van der Waals surface area contributed by atoms with Crippen molar-refractivity contribution in [3.05, 3.63) is 48.3 Å². The molecule has 3 aliphatic rings. The number of fused-ring (bicyclic) bond motifs is 1. The second-order valence-corrected chi connectivity index (χ2v) is 10.3. The largest absolute Gasteiger partial charge is 0.454 e. The molecule has 4 heterocycles. The van der Waals surface area contributed by atoms with Gasteiger partial charge in [0.05, 0.1) is 24.5 Å². The van der Waals surface area contributed by atoms with E-state index in [1.165, 1.54) is 18.4 Å². The van der Waals surface area contributed by atoms with Crippen molar-refractivity contribution in [1.29, 1.82) is 0 Å². The number of likely N-dealkylation sites (tertiary alicyclic amines) is 1. The van der Waals surface area contributed by atoms with Crippen LogP contribution in [0.3, 0.4) is 0 Å². The molecule has 0 aliphatic carbocycles. The van der Waals surface area contributed by atoms with Crippen LogP contribution in [-0.2, 0) is 9.53 Å². The molecule has 1 amide bonds. The first kappa shape index (κ1) is 25.0. The van der Waals surface area contributed by atoms with Crippen molar-refractivity contribution in [1.82, 2.24) is 9.88 Å². The van der Waals surface area contributed by atoms with Crippen LogP contribution in [0.25, 0.3) is 0 Å². The number of hydrogen-bond donors (Lipinski definition) is 0. The molecule has 0 N–H and O–H groups in total. The predicted octanol–water partition coefficient (Wildman–Crippen LogP) is 5.15. The summed E-state index contributed by atoms with van der Waals surface area (Å²) in [6.07, 6.45) is 12.7. The minimum atomic E-state index is 0.154. The second kappa shape index (κ2) is 12.1. The molecule has 0 bridgehead atoms. The van der Waals surface area contributed by atoms with Crippen molar-refractivity contribution in [2.75, 3.05) is 37.9 Å². The average Bonchev–Trinajstić information content (AvgIpc) is 3.55. The molecule has 7 nitrogen and oxygen atoms in total. The van der Waals surface area contributed by atoms with Crippen LogP contribution in [0.4, 0.5) is 5.69 Å². The molecular formula is C29H39N3O4. The number of nitrogens with zero attached hydrogens (tertiary/aromatic N) is 3. The Bertz CT molecular complexity index is 995. The highest BCUT2D eigenvalue weighted by Gasteiger charge is 2.36. The Hall–Kier alpha value is -2.64. The van der Waals surface area contributed by atoms with Crippen LogP contribution in [0, 0.1) is 0 Å². The third kappa shape index (κ3) is 6.01. The Morgan fingerprint density at radius 2 is 2.08 bits per heavy atom. The van der Waals surface area contributed by atoms with Gasteiger partial charge in [-0.25, -0.2) is 0 Å². The molecule has 3 atom stereocenters. The minimum Gasteiger partial charge on any atom is -0.454 e. The highest BCUT2D eigenvalue weighted by atomic mass is 16.7. The molecule has 7 heteroatoms. The summed E-state index contributed by atoms with van der Waals surface area (Å²) in [7, 11) is 0. The number of unbranched alkanes of at least 4 members (excludes halogenated alkanes) is 1. The highest BCUT2D eigenvalue weighted by molar-refractivity contribution is 5.94. The SMILES string of the molecule is CCCCN(C(=O)CN1C[C@H](c2ccc3c(c2)OCO3)C[C@@H]1CCC1CCCCO1)c1cccnc1. The first-order valence-corrected chi connectivity index (χ1v) is 13.7. The van der Waals surface area contributed by atoms with Crippen LogP contribution in [0.15, 0.2) is 42.7 Å². The number of aromatic nitrogens is 1. The molecule has 0 saturated carbocycles. The van der Waals surface area contributed by atoms with E-state index in [4.69, 9.17) is 14.2 Å². The summed E-state index contributed by atoms with van der Waals surface area (Å²) < 4.78 is 17.2. The van der Waals surface area contributed by atoms with Gasteiger partial charge in [0.15, 0.2) is 11.5 Å².